The molecule has 0 unspecified atom stereocenters. The van der Waals surface area contributed by atoms with Crippen LogP contribution >= 0.6 is 11.3 Å². The Bertz CT molecular complexity index is 1250. The average molecular weight is 498 g/mol. The van der Waals surface area contributed by atoms with Gasteiger partial charge in [-0.05, 0) is 35.6 Å². The molecule has 1 atom stereocenters. The van der Waals surface area contributed by atoms with E-state index in [0.717, 1.165) is 10.4 Å². The highest BCUT2D eigenvalue weighted by Crippen LogP contribution is 2.32. The molecule has 2 amide bonds. The lowest BCUT2D eigenvalue weighted by Gasteiger charge is -2.17. The number of pyridine rings is 1. The molecule has 0 saturated heterocycles. The summed E-state index contributed by atoms with van der Waals surface area (Å²) in [6, 6.07) is 8.98. The Morgan fingerprint density at radius 3 is 2.63 bits per heavy atom. The van der Waals surface area contributed by atoms with Crippen LogP contribution in [-0.4, -0.2) is 36.9 Å². The van der Waals surface area contributed by atoms with E-state index in [0.29, 0.717) is 31.1 Å². The minimum Gasteiger partial charge on any atom is -0.454 e. The molecule has 35 heavy (non-hydrogen) atoms. The quantitative estimate of drug-likeness (QED) is 0.446. The van der Waals surface area contributed by atoms with E-state index in [1.807, 2.05) is 30.5 Å². The summed E-state index contributed by atoms with van der Waals surface area (Å²) in [5.74, 6) is 0.159. The summed E-state index contributed by atoms with van der Waals surface area (Å²) in [6.45, 7) is 3.03. The van der Waals surface area contributed by atoms with Gasteiger partial charge in [-0.15, -0.1) is 11.3 Å². The van der Waals surface area contributed by atoms with Gasteiger partial charge in [0.1, 0.15) is 11.1 Å². The summed E-state index contributed by atoms with van der Waals surface area (Å²) >= 11 is 1.54. The summed E-state index contributed by atoms with van der Waals surface area (Å²) in [7, 11) is 1.56. The number of thiophene rings is 1. The van der Waals surface area contributed by atoms with Gasteiger partial charge in [0.2, 0.25) is 12.2 Å². The van der Waals surface area contributed by atoms with Crippen molar-refractivity contribution in [1.29, 1.82) is 0 Å². The van der Waals surface area contributed by atoms with E-state index >= 15 is 0 Å². The molecule has 0 bridgehead atoms. The van der Waals surface area contributed by atoms with E-state index in [-0.39, 0.29) is 30.5 Å². The summed E-state index contributed by atoms with van der Waals surface area (Å²) < 4.78 is 17.4. The molecule has 0 aliphatic carbocycles. The molecule has 0 saturated carbocycles. The minimum atomic E-state index is -0.625. The summed E-state index contributed by atoms with van der Waals surface area (Å²) in [6.07, 6.45) is 3.58. The Kier molecular flexibility index (Phi) is 7.84. The third-order valence-electron chi connectivity index (χ3n) is 5.61. The number of hydrogen-bond donors (Lipinski definition) is 2. The third kappa shape index (κ3) is 5.72. The van der Waals surface area contributed by atoms with E-state index in [9.17, 15) is 14.4 Å². The van der Waals surface area contributed by atoms with Crippen molar-refractivity contribution in [3.8, 4) is 11.5 Å². The predicted octanol–water partition coefficient (Wildman–Crippen LogP) is 3.10. The Balaban J connectivity index is 1.55. The van der Waals surface area contributed by atoms with Gasteiger partial charge in [-0.2, -0.15) is 0 Å². The molecule has 1 aromatic carbocycles. The molecule has 3 aromatic rings. The van der Waals surface area contributed by atoms with E-state index in [4.69, 9.17) is 14.2 Å². The number of nitrogens with zero attached hydrogens (tertiary/aromatic N) is 1. The molecule has 9 nitrogen and oxygen atoms in total. The molecule has 2 N–H and O–H groups in total. The SMILES string of the molecule is CC[C@@H](NC(=O)c1cn(CCOC)cc(C(=O)NCc2ccc3c(c2)OCO3)c1=O)c1cccs1. The minimum absolute atomic E-state index is 0.0909. The fourth-order valence-electron chi connectivity index (χ4n) is 3.71. The average Bonchev–Trinajstić information content (AvgIpc) is 3.57. The first-order valence-electron chi connectivity index (χ1n) is 11.2. The van der Waals surface area contributed by atoms with Crippen molar-refractivity contribution >= 4 is 23.2 Å². The zero-order valence-electron chi connectivity index (χ0n) is 19.5. The number of aromatic nitrogens is 1. The number of carbonyl (C=O) groups excluding carboxylic acids is 2. The van der Waals surface area contributed by atoms with Gasteiger partial charge in [-0.1, -0.05) is 19.1 Å². The van der Waals surface area contributed by atoms with Crippen molar-refractivity contribution in [3.05, 3.63) is 79.9 Å². The largest absolute Gasteiger partial charge is 0.454 e. The first kappa shape index (κ1) is 24.5. The molecular weight excluding hydrogens is 470 g/mol. The van der Waals surface area contributed by atoms with E-state index in [2.05, 4.69) is 10.6 Å². The first-order chi connectivity index (χ1) is 17.0. The number of carbonyl (C=O) groups is 2. The van der Waals surface area contributed by atoms with Crippen molar-refractivity contribution < 1.29 is 23.8 Å². The molecule has 184 valence electrons. The van der Waals surface area contributed by atoms with Crippen LogP contribution in [-0.2, 0) is 17.8 Å². The number of methoxy groups -OCH3 is 1. The van der Waals surface area contributed by atoms with Crippen LogP contribution in [0.25, 0.3) is 0 Å². The van der Waals surface area contributed by atoms with Crippen LogP contribution in [0.15, 0.2) is 52.9 Å². The van der Waals surface area contributed by atoms with Crippen molar-refractivity contribution in [2.75, 3.05) is 20.5 Å². The number of rotatable bonds is 10. The predicted molar refractivity (Wildman–Crippen MR) is 131 cm³/mol. The molecule has 1 aliphatic rings. The molecule has 3 heterocycles. The van der Waals surface area contributed by atoms with Gasteiger partial charge in [0.05, 0.1) is 12.6 Å². The van der Waals surface area contributed by atoms with Crippen LogP contribution in [0.3, 0.4) is 0 Å². The highest BCUT2D eigenvalue weighted by Gasteiger charge is 2.22. The van der Waals surface area contributed by atoms with Crippen molar-refractivity contribution in [2.24, 2.45) is 0 Å². The standard InChI is InChI=1S/C25H27N3O6S/c1-3-19(22-5-4-10-35-22)27-25(31)18-14-28(8-9-32-2)13-17(23(18)29)24(30)26-12-16-6-7-20-21(11-16)34-15-33-20/h4-7,10-11,13-14,19H,3,8-9,12,15H2,1-2H3,(H,26,30)(H,27,31)/t19-/m1/s1. The lowest BCUT2D eigenvalue weighted by molar-refractivity contribution is 0.0933. The summed E-state index contributed by atoms with van der Waals surface area (Å²) in [5, 5.41) is 7.63. The van der Waals surface area contributed by atoms with Crippen LogP contribution in [0.2, 0.25) is 0 Å². The molecule has 0 radical (unpaired) electrons. The maximum atomic E-state index is 13.2. The fraction of sp³-hybridized carbons (Fsp3) is 0.320. The van der Waals surface area contributed by atoms with Crippen LogP contribution in [0.1, 0.15) is 50.5 Å². The van der Waals surface area contributed by atoms with Gasteiger partial charge >= 0.3 is 0 Å². The second-order valence-corrected chi connectivity index (χ2v) is 8.94. The maximum absolute atomic E-state index is 13.2. The Hall–Kier alpha value is -3.63. The Morgan fingerprint density at radius 1 is 1.14 bits per heavy atom. The summed E-state index contributed by atoms with van der Waals surface area (Å²) in [5.41, 5.74) is -0.0381. The first-order valence-corrected chi connectivity index (χ1v) is 12.1. The lowest BCUT2D eigenvalue weighted by Crippen LogP contribution is -2.36. The number of amides is 2. The van der Waals surface area contributed by atoms with Gasteiger partial charge in [-0.3, -0.25) is 14.4 Å². The second kappa shape index (κ2) is 11.2. The number of hydrogen-bond acceptors (Lipinski definition) is 7. The van der Waals surface area contributed by atoms with Gasteiger partial charge in [-0.25, -0.2) is 0 Å². The smallest absolute Gasteiger partial charge is 0.257 e. The lowest BCUT2D eigenvalue weighted by atomic mass is 10.1. The fourth-order valence-corrected chi connectivity index (χ4v) is 4.57. The molecular formula is C25H27N3O6S. The monoisotopic (exact) mass is 497 g/mol. The molecule has 0 spiro atoms. The van der Waals surface area contributed by atoms with Crippen molar-refractivity contribution in [1.82, 2.24) is 15.2 Å². The van der Waals surface area contributed by atoms with Crippen LogP contribution in [0.4, 0.5) is 0 Å². The van der Waals surface area contributed by atoms with Crippen LogP contribution in [0, 0.1) is 0 Å². The molecule has 4 rings (SSSR count). The second-order valence-electron chi connectivity index (χ2n) is 7.97. The number of benzene rings is 1. The molecule has 2 aromatic heterocycles. The Morgan fingerprint density at radius 2 is 1.91 bits per heavy atom. The van der Waals surface area contributed by atoms with Crippen LogP contribution in [0.5, 0.6) is 11.5 Å². The molecule has 0 fully saturated rings. The Labute approximate surface area is 206 Å². The van der Waals surface area contributed by atoms with Gasteiger partial charge < -0.3 is 29.4 Å². The molecule has 1 aliphatic heterocycles. The van der Waals surface area contributed by atoms with Gasteiger partial charge in [0, 0.05) is 37.5 Å². The maximum Gasteiger partial charge on any atom is 0.257 e. The number of nitrogens with one attached hydrogen (secondary N) is 2. The van der Waals surface area contributed by atoms with Gasteiger partial charge in [0.25, 0.3) is 11.8 Å². The molecule has 10 heteroatoms. The zero-order valence-corrected chi connectivity index (χ0v) is 20.4. The van der Waals surface area contributed by atoms with Crippen LogP contribution < -0.4 is 25.5 Å². The topological polar surface area (TPSA) is 108 Å². The highest BCUT2D eigenvalue weighted by molar-refractivity contribution is 7.10. The third-order valence-corrected chi connectivity index (χ3v) is 6.60. The van der Waals surface area contributed by atoms with Crippen molar-refractivity contribution in [3.63, 3.8) is 0 Å². The number of ether oxygens (including phenoxy) is 3. The van der Waals surface area contributed by atoms with E-state index in [1.54, 1.807) is 23.8 Å². The summed E-state index contributed by atoms with van der Waals surface area (Å²) in [4.78, 5) is 40.3. The van der Waals surface area contributed by atoms with Gasteiger partial charge in [0.15, 0.2) is 11.5 Å². The highest BCUT2D eigenvalue weighted by atomic mass is 32.1. The normalized spacial score (nSPS) is 12.9. The zero-order chi connectivity index (χ0) is 24.8. The van der Waals surface area contributed by atoms with E-state index < -0.39 is 17.2 Å². The van der Waals surface area contributed by atoms with Crippen molar-refractivity contribution in [2.45, 2.75) is 32.5 Å². The number of fused-ring (bicyclic) bond motifs is 1. The van der Waals surface area contributed by atoms with E-state index in [1.165, 1.54) is 23.7 Å².